The Labute approximate surface area is 161 Å². The fourth-order valence-electron chi connectivity index (χ4n) is 3.83. The smallest absolute Gasteiger partial charge is 0.368 e. The predicted molar refractivity (Wildman–Crippen MR) is 101 cm³/mol. The lowest BCUT2D eigenvalue weighted by Crippen LogP contribution is -2.30. The second kappa shape index (κ2) is 7.47. The number of nitrogens with one attached hydrogen (secondary N) is 1. The average Bonchev–Trinajstić information content (AvgIpc) is 3.22. The number of hydrogen-bond donors (Lipinski definition) is 1. The molecule has 2 aromatic carbocycles. The molecule has 4 nitrogen and oxygen atoms in total. The van der Waals surface area contributed by atoms with Gasteiger partial charge in [-0.3, -0.25) is 4.79 Å². The molecule has 0 saturated carbocycles. The third kappa shape index (κ3) is 3.71. The molecule has 0 aromatic heterocycles. The van der Waals surface area contributed by atoms with Crippen LogP contribution in [0.3, 0.4) is 0 Å². The zero-order valence-electron chi connectivity index (χ0n) is 15.3. The Hall–Kier alpha value is -2.54. The Kier molecular flexibility index (Phi) is 5.02. The van der Waals surface area contributed by atoms with Gasteiger partial charge in [0.2, 0.25) is 0 Å². The van der Waals surface area contributed by atoms with Crippen molar-refractivity contribution in [3.63, 3.8) is 0 Å². The van der Waals surface area contributed by atoms with Crippen molar-refractivity contribution in [1.82, 2.24) is 0 Å². The van der Waals surface area contributed by atoms with E-state index in [0.717, 1.165) is 42.6 Å². The summed E-state index contributed by atoms with van der Waals surface area (Å²) in [4.78, 5) is 14.5. The van der Waals surface area contributed by atoms with Crippen LogP contribution < -0.4 is 10.2 Å². The average molecular weight is 390 g/mol. The highest BCUT2D eigenvalue weighted by atomic mass is 19.4. The molecule has 1 N–H and O–H groups in total. The van der Waals surface area contributed by atoms with Gasteiger partial charge in [0.1, 0.15) is 6.10 Å². The third-order valence-corrected chi connectivity index (χ3v) is 5.20. The Morgan fingerprint density at radius 3 is 2.68 bits per heavy atom. The summed E-state index contributed by atoms with van der Waals surface area (Å²) in [6.07, 6.45) is -1.94. The third-order valence-electron chi connectivity index (χ3n) is 5.20. The van der Waals surface area contributed by atoms with E-state index >= 15 is 0 Å². The molecule has 28 heavy (non-hydrogen) atoms. The van der Waals surface area contributed by atoms with Crippen LogP contribution in [0.15, 0.2) is 42.5 Å². The van der Waals surface area contributed by atoms with E-state index in [1.165, 1.54) is 6.07 Å². The second-order valence-corrected chi connectivity index (χ2v) is 7.10. The molecule has 148 valence electrons. The number of nitrogens with zero attached hydrogens (tertiary/aromatic N) is 1. The summed E-state index contributed by atoms with van der Waals surface area (Å²) in [5.74, 6) is -0.400. The lowest BCUT2D eigenvalue weighted by atomic mass is 10.0. The standard InChI is InChI=1S/C21H21F3N2O2/c22-21(23,24)15-9-10-18(16(13-15)25-20(27)19-8-4-12-28-19)26-11-3-6-14-5-1-2-7-17(14)26/h1-2,5,7,9-10,13,19H,3-4,6,8,11-12H2,(H,25,27). The highest BCUT2D eigenvalue weighted by molar-refractivity contribution is 5.98. The molecule has 2 aliphatic heterocycles. The van der Waals surface area contributed by atoms with Gasteiger partial charge in [-0.15, -0.1) is 0 Å². The van der Waals surface area contributed by atoms with Crippen LogP contribution in [0.4, 0.5) is 30.2 Å². The molecule has 2 aliphatic rings. The van der Waals surface area contributed by atoms with Crippen LogP contribution in [-0.2, 0) is 22.1 Å². The van der Waals surface area contributed by atoms with Gasteiger partial charge < -0.3 is 15.0 Å². The van der Waals surface area contributed by atoms with Gasteiger partial charge in [0.15, 0.2) is 0 Å². The topological polar surface area (TPSA) is 41.6 Å². The van der Waals surface area contributed by atoms with Crippen LogP contribution in [0.1, 0.15) is 30.4 Å². The van der Waals surface area contributed by atoms with Crippen molar-refractivity contribution in [1.29, 1.82) is 0 Å². The lowest BCUT2D eigenvalue weighted by molar-refractivity contribution is -0.137. The lowest BCUT2D eigenvalue weighted by Gasteiger charge is -2.33. The summed E-state index contributed by atoms with van der Waals surface area (Å²) in [6, 6.07) is 11.4. The molecular weight excluding hydrogens is 369 g/mol. The van der Waals surface area contributed by atoms with Crippen LogP contribution in [0.25, 0.3) is 0 Å². The number of aryl methyl sites for hydroxylation is 1. The summed E-state index contributed by atoms with van der Waals surface area (Å²) in [7, 11) is 0. The first-order chi connectivity index (χ1) is 13.4. The molecule has 2 heterocycles. The number of benzene rings is 2. The number of alkyl halides is 3. The minimum absolute atomic E-state index is 0.159. The van der Waals surface area contributed by atoms with Gasteiger partial charge in [0.05, 0.1) is 16.9 Å². The number of fused-ring (bicyclic) bond motifs is 1. The normalized spacial score (nSPS) is 19.4. The summed E-state index contributed by atoms with van der Waals surface area (Å²) in [6.45, 7) is 1.16. The van der Waals surface area contributed by atoms with Crippen molar-refractivity contribution < 1.29 is 22.7 Å². The first-order valence-corrected chi connectivity index (χ1v) is 9.42. The molecule has 2 aromatic rings. The number of ether oxygens (including phenoxy) is 1. The number of amides is 1. The van der Waals surface area contributed by atoms with Gasteiger partial charge >= 0.3 is 6.18 Å². The van der Waals surface area contributed by atoms with E-state index < -0.39 is 23.8 Å². The van der Waals surface area contributed by atoms with Gasteiger partial charge in [-0.1, -0.05) is 18.2 Å². The van der Waals surface area contributed by atoms with Crippen molar-refractivity contribution >= 4 is 23.0 Å². The van der Waals surface area contributed by atoms with Crippen molar-refractivity contribution in [3.8, 4) is 0 Å². The summed E-state index contributed by atoms with van der Waals surface area (Å²) < 4.78 is 45.2. The van der Waals surface area contributed by atoms with E-state index in [9.17, 15) is 18.0 Å². The molecule has 7 heteroatoms. The van der Waals surface area contributed by atoms with Gasteiger partial charge in [-0.2, -0.15) is 13.2 Å². The molecule has 1 amide bonds. The maximum absolute atomic E-state index is 13.3. The molecule has 0 bridgehead atoms. The monoisotopic (exact) mass is 390 g/mol. The van der Waals surface area contributed by atoms with E-state index in [0.29, 0.717) is 25.3 Å². The van der Waals surface area contributed by atoms with Gasteiger partial charge in [-0.25, -0.2) is 0 Å². The van der Waals surface area contributed by atoms with Crippen LogP contribution >= 0.6 is 0 Å². The van der Waals surface area contributed by atoms with E-state index in [2.05, 4.69) is 5.32 Å². The fourth-order valence-corrected chi connectivity index (χ4v) is 3.83. The second-order valence-electron chi connectivity index (χ2n) is 7.10. The first-order valence-electron chi connectivity index (χ1n) is 9.42. The molecule has 1 fully saturated rings. The Morgan fingerprint density at radius 2 is 1.93 bits per heavy atom. The maximum Gasteiger partial charge on any atom is 0.416 e. The Balaban J connectivity index is 1.73. The van der Waals surface area contributed by atoms with Crippen molar-refractivity contribution in [2.75, 3.05) is 23.4 Å². The van der Waals surface area contributed by atoms with Crippen LogP contribution in [-0.4, -0.2) is 25.2 Å². The van der Waals surface area contributed by atoms with Crippen LogP contribution in [0.2, 0.25) is 0 Å². The van der Waals surface area contributed by atoms with E-state index in [1.807, 2.05) is 29.2 Å². The number of rotatable bonds is 3. The number of anilines is 3. The minimum Gasteiger partial charge on any atom is -0.368 e. The van der Waals surface area contributed by atoms with E-state index in [-0.39, 0.29) is 5.69 Å². The largest absolute Gasteiger partial charge is 0.416 e. The van der Waals surface area contributed by atoms with E-state index in [1.54, 1.807) is 0 Å². The molecule has 4 rings (SSSR count). The zero-order valence-corrected chi connectivity index (χ0v) is 15.3. The van der Waals surface area contributed by atoms with E-state index in [4.69, 9.17) is 4.74 Å². The molecule has 1 atom stereocenters. The number of carbonyl (C=O) groups excluding carboxylic acids is 1. The highest BCUT2D eigenvalue weighted by Crippen LogP contribution is 2.40. The fraction of sp³-hybridized carbons (Fsp3) is 0.381. The van der Waals surface area contributed by atoms with Crippen molar-refractivity contribution in [3.05, 3.63) is 53.6 Å². The summed E-state index contributed by atoms with van der Waals surface area (Å²) in [5, 5.41) is 2.69. The van der Waals surface area contributed by atoms with Crippen LogP contribution in [0, 0.1) is 0 Å². The molecule has 1 saturated heterocycles. The Bertz CT molecular complexity index is 876. The van der Waals surface area contributed by atoms with Gasteiger partial charge in [0, 0.05) is 18.8 Å². The number of halogens is 3. The molecule has 1 unspecified atom stereocenters. The zero-order chi connectivity index (χ0) is 19.7. The predicted octanol–water partition coefficient (Wildman–Crippen LogP) is 4.91. The maximum atomic E-state index is 13.3. The first kappa shape index (κ1) is 18.8. The number of para-hydroxylation sites is 1. The number of carbonyl (C=O) groups is 1. The summed E-state index contributed by atoms with van der Waals surface area (Å²) >= 11 is 0. The molecule has 0 spiro atoms. The quantitative estimate of drug-likeness (QED) is 0.810. The van der Waals surface area contributed by atoms with Gasteiger partial charge in [-0.05, 0) is 55.5 Å². The van der Waals surface area contributed by atoms with Crippen molar-refractivity contribution in [2.45, 2.75) is 38.0 Å². The minimum atomic E-state index is -4.48. The summed E-state index contributed by atoms with van der Waals surface area (Å²) in [5.41, 5.74) is 2.04. The molecule has 0 aliphatic carbocycles. The highest BCUT2D eigenvalue weighted by Gasteiger charge is 2.33. The van der Waals surface area contributed by atoms with Crippen LogP contribution in [0.5, 0.6) is 0 Å². The SMILES string of the molecule is O=C(Nc1cc(C(F)(F)F)ccc1N1CCCc2ccccc21)C1CCCO1. The molecular formula is C21H21F3N2O2. The Morgan fingerprint density at radius 1 is 1.11 bits per heavy atom. The van der Waals surface area contributed by atoms with Crippen molar-refractivity contribution in [2.24, 2.45) is 0 Å². The molecule has 0 radical (unpaired) electrons. The van der Waals surface area contributed by atoms with Gasteiger partial charge in [0.25, 0.3) is 5.91 Å². The number of hydrogen-bond acceptors (Lipinski definition) is 3.